The lowest BCUT2D eigenvalue weighted by molar-refractivity contribution is 0.234. The minimum absolute atomic E-state index is 0.110. The fourth-order valence-corrected chi connectivity index (χ4v) is 2.36. The van der Waals surface area contributed by atoms with Crippen molar-refractivity contribution >= 4 is 6.03 Å². The predicted molar refractivity (Wildman–Crippen MR) is 87.5 cm³/mol. The van der Waals surface area contributed by atoms with E-state index in [9.17, 15) is 4.79 Å². The molecule has 0 radical (unpaired) electrons. The van der Waals surface area contributed by atoms with Gasteiger partial charge < -0.3 is 15.2 Å². The number of pyridine rings is 1. The Morgan fingerprint density at radius 1 is 1.23 bits per heavy atom. The Bertz CT molecular complexity index is 594. The van der Waals surface area contributed by atoms with Crippen LogP contribution in [0.5, 0.6) is 0 Å². The Hall–Kier alpha value is -2.30. The first kappa shape index (κ1) is 16.1. The topological polar surface area (TPSA) is 59.0 Å². The minimum atomic E-state index is -0.155. The zero-order valence-electron chi connectivity index (χ0n) is 13.4. The number of carbonyl (C=O) groups excluding carboxylic acids is 1. The van der Waals surface area contributed by atoms with Gasteiger partial charge in [-0.3, -0.25) is 4.98 Å². The molecule has 5 heteroatoms. The van der Waals surface area contributed by atoms with Gasteiger partial charge in [-0.25, -0.2) is 4.79 Å². The molecule has 0 aliphatic carbocycles. The van der Waals surface area contributed by atoms with Gasteiger partial charge in [0, 0.05) is 31.2 Å². The van der Waals surface area contributed by atoms with E-state index in [1.54, 1.807) is 6.20 Å². The van der Waals surface area contributed by atoms with Gasteiger partial charge in [0.2, 0.25) is 0 Å². The molecule has 2 heterocycles. The molecule has 5 nitrogen and oxygen atoms in total. The first-order valence-corrected chi connectivity index (χ1v) is 7.64. The number of nitrogens with one attached hydrogen (secondary N) is 2. The summed E-state index contributed by atoms with van der Waals surface area (Å²) < 4.78 is 2.11. The van der Waals surface area contributed by atoms with Gasteiger partial charge in [-0.2, -0.15) is 0 Å². The molecule has 0 bridgehead atoms. The van der Waals surface area contributed by atoms with Gasteiger partial charge in [0.1, 0.15) is 0 Å². The van der Waals surface area contributed by atoms with E-state index in [1.807, 2.05) is 51.4 Å². The molecule has 0 spiro atoms. The van der Waals surface area contributed by atoms with Crippen LogP contribution in [0.15, 0.2) is 42.7 Å². The molecule has 0 aromatic carbocycles. The lowest BCUT2D eigenvalue weighted by Gasteiger charge is -2.18. The molecule has 2 N–H and O–H groups in total. The van der Waals surface area contributed by atoms with Crippen LogP contribution in [0, 0.1) is 0 Å². The number of carbonyl (C=O) groups is 1. The molecule has 2 atom stereocenters. The van der Waals surface area contributed by atoms with Crippen molar-refractivity contribution in [3.8, 4) is 0 Å². The molecule has 2 amide bonds. The summed E-state index contributed by atoms with van der Waals surface area (Å²) in [5.74, 6) is 0. The summed E-state index contributed by atoms with van der Waals surface area (Å²) in [6, 6.07) is 9.68. The van der Waals surface area contributed by atoms with E-state index in [-0.39, 0.29) is 18.1 Å². The number of nitrogens with zero attached hydrogens (tertiary/aromatic N) is 2. The molecule has 0 fully saturated rings. The van der Waals surface area contributed by atoms with Gasteiger partial charge in [-0.05, 0) is 51.0 Å². The number of aromatic nitrogens is 2. The van der Waals surface area contributed by atoms with Gasteiger partial charge in [-0.15, -0.1) is 0 Å². The van der Waals surface area contributed by atoms with Crippen LogP contribution in [-0.2, 0) is 13.5 Å². The predicted octanol–water partition coefficient (Wildman–Crippen LogP) is 2.80. The summed E-state index contributed by atoms with van der Waals surface area (Å²) >= 11 is 0. The van der Waals surface area contributed by atoms with Crippen molar-refractivity contribution in [3.63, 3.8) is 0 Å². The summed E-state index contributed by atoms with van der Waals surface area (Å²) in [5, 5.41) is 5.89. The maximum atomic E-state index is 12.0. The second-order valence-corrected chi connectivity index (χ2v) is 5.64. The quantitative estimate of drug-likeness (QED) is 0.862. The normalized spacial score (nSPS) is 13.4. The highest BCUT2D eigenvalue weighted by Gasteiger charge is 2.12. The van der Waals surface area contributed by atoms with Crippen molar-refractivity contribution in [2.75, 3.05) is 0 Å². The van der Waals surface area contributed by atoms with Crippen molar-refractivity contribution in [1.82, 2.24) is 20.2 Å². The molecule has 2 rings (SSSR count). The van der Waals surface area contributed by atoms with Gasteiger partial charge in [0.15, 0.2) is 0 Å². The molecule has 118 valence electrons. The first-order valence-electron chi connectivity index (χ1n) is 7.64. The van der Waals surface area contributed by atoms with Crippen molar-refractivity contribution in [1.29, 1.82) is 0 Å². The van der Waals surface area contributed by atoms with E-state index in [1.165, 1.54) is 5.69 Å². The molecule has 0 unspecified atom stereocenters. The number of rotatable bonds is 6. The third kappa shape index (κ3) is 4.62. The number of amides is 2. The van der Waals surface area contributed by atoms with E-state index in [0.29, 0.717) is 0 Å². The van der Waals surface area contributed by atoms with Crippen molar-refractivity contribution in [2.45, 2.75) is 38.8 Å². The monoisotopic (exact) mass is 300 g/mol. The van der Waals surface area contributed by atoms with E-state index in [2.05, 4.69) is 26.3 Å². The van der Waals surface area contributed by atoms with Gasteiger partial charge in [-0.1, -0.05) is 6.07 Å². The summed E-state index contributed by atoms with van der Waals surface area (Å²) in [6.45, 7) is 3.95. The van der Waals surface area contributed by atoms with E-state index in [4.69, 9.17) is 0 Å². The fraction of sp³-hybridized carbons (Fsp3) is 0.412. The van der Waals surface area contributed by atoms with E-state index < -0.39 is 0 Å². The molecule has 0 saturated heterocycles. The van der Waals surface area contributed by atoms with Crippen molar-refractivity contribution < 1.29 is 4.79 Å². The maximum absolute atomic E-state index is 12.0. The number of hydrogen-bond donors (Lipinski definition) is 2. The smallest absolute Gasteiger partial charge is 0.315 e. The highest BCUT2D eigenvalue weighted by molar-refractivity contribution is 5.74. The molecule has 0 saturated carbocycles. The zero-order valence-corrected chi connectivity index (χ0v) is 13.4. The first-order chi connectivity index (χ1) is 10.6. The average Bonchev–Trinajstić information content (AvgIpc) is 2.91. The number of hydrogen-bond acceptors (Lipinski definition) is 2. The van der Waals surface area contributed by atoms with Crippen LogP contribution < -0.4 is 10.6 Å². The van der Waals surface area contributed by atoms with Gasteiger partial charge in [0.05, 0.1) is 11.7 Å². The summed E-state index contributed by atoms with van der Waals surface area (Å²) in [4.78, 5) is 16.3. The van der Waals surface area contributed by atoms with Crippen LogP contribution in [0.2, 0.25) is 0 Å². The molecule has 22 heavy (non-hydrogen) atoms. The van der Waals surface area contributed by atoms with Crippen LogP contribution >= 0.6 is 0 Å². The Kier molecular flexibility index (Phi) is 5.58. The zero-order chi connectivity index (χ0) is 15.9. The third-order valence-corrected chi connectivity index (χ3v) is 3.74. The Morgan fingerprint density at radius 3 is 2.68 bits per heavy atom. The molecular formula is C17H24N4O. The van der Waals surface area contributed by atoms with Crippen molar-refractivity contribution in [2.24, 2.45) is 7.05 Å². The van der Waals surface area contributed by atoms with Crippen LogP contribution in [0.4, 0.5) is 4.79 Å². The number of urea groups is 1. The lowest BCUT2D eigenvalue weighted by Crippen LogP contribution is -2.42. The molecule has 0 aliphatic rings. The second kappa shape index (κ2) is 7.64. The van der Waals surface area contributed by atoms with Gasteiger partial charge >= 0.3 is 6.03 Å². The van der Waals surface area contributed by atoms with Crippen LogP contribution in [0.25, 0.3) is 0 Å². The van der Waals surface area contributed by atoms with E-state index >= 15 is 0 Å². The minimum Gasteiger partial charge on any atom is -0.354 e. The fourth-order valence-electron chi connectivity index (χ4n) is 2.36. The lowest BCUT2D eigenvalue weighted by atomic mass is 10.1. The standard InChI is InChI=1S/C17H24N4O/c1-13(9-10-15-7-6-12-21(15)3)19-17(22)20-14(2)16-8-4-5-11-18-16/h4-8,11-14H,9-10H2,1-3H3,(H2,19,20,22)/t13-,14-/m1/s1. The molecule has 0 aliphatic heterocycles. The SMILES string of the molecule is C[C@H](CCc1cccn1C)NC(=O)N[C@H](C)c1ccccn1. The third-order valence-electron chi connectivity index (χ3n) is 3.74. The molecule has 2 aromatic rings. The summed E-state index contributed by atoms with van der Waals surface area (Å²) in [6.07, 6.45) is 5.62. The van der Waals surface area contributed by atoms with Crippen LogP contribution in [0.1, 0.15) is 37.7 Å². The Morgan fingerprint density at radius 2 is 2.05 bits per heavy atom. The maximum Gasteiger partial charge on any atom is 0.315 e. The van der Waals surface area contributed by atoms with Gasteiger partial charge in [0.25, 0.3) is 0 Å². The Balaban J connectivity index is 1.75. The molecule has 2 aromatic heterocycles. The number of aryl methyl sites for hydroxylation is 2. The largest absolute Gasteiger partial charge is 0.354 e. The van der Waals surface area contributed by atoms with Crippen LogP contribution in [0.3, 0.4) is 0 Å². The molecular weight excluding hydrogens is 276 g/mol. The van der Waals surface area contributed by atoms with Crippen molar-refractivity contribution in [3.05, 3.63) is 54.1 Å². The summed E-state index contributed by atoms with van der Waals surface area (Å²) in [5.41, 5.74) is 2.13. The Labute approximate surface area is 131 Å². The highest BCUT2D eigenvalue weighted by Crippen LogP contribution is 2.08. The second-order valence-electron chi connectivity index (χ2n) is 5.64. The summed E-state index contributed by atoms with van der Waals surface area (Å²) in [7, 11) is 2.04. The highest BCUT2D eigenvalue weighted by atomic mass is 16.2. The van der Waals surface area contributed by atoms with Crippen LogP contribution in [-0.4, -0.2) is 21.6 Å². The van der Waals surface area contributed by atoms with E-state index in [0.717, 1.165) is 18.5 Å². The average molecular weight is 300 g/mol.